The second kappa shape index (κ2) is 10.0. The van der Waals surface area contributed by atoms with Crippen molar-refractivity contribution < 1.29 is 4.39 Å². The molecule has 0 fully saturated rings. The summed E-state index contributed by atoms with van der Waals surface area (Å²) in [5.41, 5.74) is 1.79. The lowest BCUT2D eigenvalue weighted by atomic mass is 10.1. The molecule has 0 bridgehead atoms. The van der Waals surface area contributed by atoms with Crippen LogP contribution >= 0.6 is 24.0 Å². The molecule has 0 saturated heterocycles. The molecule has 1 aliphatic heterocycles. The standard InChI is InChI=1S/C20H25FN8.HI/c1-14-24-19-8-5-17(13-29(19)26-14)25-20(22-2)23-11-9-16-10-12-28(27-16)18-6-3-15(21)4-7-18;/h3-4,6-7,10,12,17H,5,8-9,11,13H2,1-2H3,(H2,22,23,25);1H. The van der Waals surface area contributed by atoms with Crippen LogP contribution in [0.25, 0.3) is 5.69 Å². The number of aromatic nitrogens is 5. The Labute approximate surface area is 192 Å². The lowest BCUT2D eigenvalue weighted by molar-refractivity contribution is 0.392. The van der Waals surface area contributed by atoms with Gasteiger partial charge in [0.05, 0.1) is 17.9 Å². The third kappa shape index (κ3) is 5.35. The second-order valence-electron chi connectivity index (χ2n) is 7.11. The minimum absolute atomic E-state index is 0. The Morgan fingerprint density at radius 3 is 2.80 bits per heavy atom. The molecule has 0 aliphatic carbocycles. The molecule has 1 aliphatic rings. The number of benzene rings is 1. The highest BCUT2D eigenvalue weighted by Crippen LogP contribution is 2.13. The predicted molar refractivity (Wildman–Crippen MR) is 124 cm³/mol. The molecule has 160 valence electrons. The summed E-state index contributed by atoms with van der Waals surface area (Å²) in [7, 11) is 1.77. The summed E-state index contributed by atoms with van der Waals surface area (Å²) in [5, 5.41) is 15.8. The normalized spacial score (nSPS) is 16.0. The van der Waals surface area contributed by atoms with E-state index < -0.39 is 0 Å². The van der Waals surface area contributed by atoms with Gasteiger partial charge in [0.15, 0.2) is 5.96 Å². The van der Waals surface area contributed by atoms with Crippen LogP contribution in [0.5, 0.6) is 0 Å². The maximum Gasteiger partial charge on any atom is 0.191 e. The first-order chi connectivity index (χ1) is 14.1. The number of aliphatic imine (C=N–C) groups is 1. The first-order valence-corrected chi connectivity index (χ1v) is 9.79. The monoisotopic (exact) mass is 524 g/mol. The van der Waals surface area contributed by atoms with Crippen molar-refractivity contribution in [3.63, 3.8) is 0 Å². The number of nitrogens with one attached hydrogen (secondary N) is 2. The van der Waals surface area contributed by atoms with Gasteiger partial charge in [-0.1, -0.05) is 0 Å². The van der Waals surface area contributed by atoms with Crippen LogP contribution in [0.4, 0.5) is 4.39 Å². The van der Waals surface area contributed by atoms with Crippen LogP contribution in [-0.4, -0.2) is 50.1 Å². The highest BCUT2D eigenvalue weighted by Gasteiger charge is 2.21. The van der Waals surface area contributed by atoms with Gasteiger partial charge in [-0.3, -0.25) is 4.99 Å². The zero-order valence-corrected chi connectivity index (χ0v) is 19.4. The smallest absolute Gasteiger partial charge is 0.191 e. The van der Waals surface area contributed by atoms with Gasteiger partial charge in [0.25, 0.3) is 0 Å². The number of hydrogen-bond donors (Lipinski definition) is 2. The third-order valence-electron chi connectivity index (χ3n) is 4.94. The van der Waals surface area contributed by atoms with Crippen LogP contribution < -0.4 is 10.6 Å². The summed E-state index contributed by atoms with van der Waals surface area (Å²) in [6.07, 6.45) is 4.55. The highest BCUT2D eigenvalue weighted by atomic mass is 127. The quantitative estimate of drug-likeness (QED) is 0.304. The van der Waals surface area contributed by atoms with Crippen molar-refractivity contribution in [3.8, 4) is 5.69 Å². The lowest BCUT2D eigenvalue weighted by Crippen LogP contribution is -2.47. The van der Waals surface area contributed by atoms with E-state index in [2.05, 4.69) is 30.8 Å². The van der Waals surface area contributed by atoms with Gasteiger partial charge in [-0.25, -0.2) is 18.7 Å². The largest absolute Gasteiger partial charge is 0.356 e. The van der Waals surface area contributed by atoms with Crippen molar-refractivity contribution >= 4 is 29.9 Å². The maximum atomic E-state index is 13.1. The molecule has 1 aromatic carbocycles. The molecule has 2 aromatic heterocycles. The Hall–Kier alpha value is -2.50. The van der Waals surface area contributed by atoms with E-state index in [4.69, 9.17) is 0 Å². The highest BCUT2D eigenvalue weighted by molar-refractivity contribution is 14.0. The molecule has 10 heteroatoms. The van der Waals surface area contributed by atoms with Crippen LogP contribution in [-0.2, 0) is 19.4 Å². The van der Waals surface area contributed by atoms with Gasteiger partial charge in [-0.15, -0.1) is 24.0 Å². The van der Waals surface area contributed by atoms with E-state index in [-0.39, 0.29) is 35.8 Å². The van der Waals surface area contributed by atoms with Crippen molar-refractivity contribution in [2.75, 3.05) is 13.6 Å². The Bertz CT molecular complexity index is 995. The predicted octanol–water partition coefficient (Wildman–Crippen LogP) is 2.25. The molecular weight excluding hydrogens is 498 g/mol. The Balaban J connectivity index is 0.00000256. The van der Waals surface area contributed by atoms with E-state index >= 15 is 0 Å². The molecule has 0 radical (unpaired) electrons. The number of aryl methyl sites for hydroxylation is 2. The van der Waals surface area contributed by atoms with Gasteiger partial charge in [0, 0.05) is 38.7 Å². The second-order valence-corrected chi connectivity index (χ2v) is 7.11. The molecule has 8 nitrogen and oxygen atoms in total. The fourth-order valence-corrected chi connectivity index (χ4v) is 3.48. The number of hydrogen-bond acceptors (Lipinski definition) is 4. The van der Waals surface area contributed by atoms with Gasteiger partial charge < -0.3 is 10.6 Å². The fourth-order valence-electron chi connectivity index (χ4n) is 3.48. The minimum atomic E-state index is -0.252. The molecule has 0 amide bonds. The molecule has 3 aromatic rings. The third-order valence-corrected chi connectivity index (χ3v) is 4.94. The minimum Gasteiger partial charge on any atom is -0.356 e. The summed E-state index contributed by atoms with van der Waals surface area (Å²) in [6.45, 7) is 3.42. The van der Waals surface area contributed by atoms with Crippen molar-refractivity contribution in [2.24, 2.45) is 4.99 Å². The average Bonchev–Trinajstić information content (AvgIpc) is 3.33. The average molecular weight is 524 g/mol. The molecule has 30 heavy (non-hydrogen) atoms. The van der Waals surface area contributed by atoms with Crippen LogP contribution in [0.1, 0.15) is 23.8 Å². The first kappa shape index (κ1) is 22.2. The molecule has 4 rings (SSSR count). The Morgan fingerprint density at radius 2 is 2.03 bits per heavy atom. The number of halogens is 2. The van der Waals surface area contributed by atoms with E-state index in [1.165, 1.54) is 12.1 Å². The number of rotatable bonds is 5. The Morgan fingerprint density at radius 1 is 1.23 bits per heavy atom. The van der Waals surface area contributed by atoms with Gasteiger partial charge in [0.1, 0.15) is 17.5 Å². The van der Waals surface area contributed by atoms with Crippen molar-refractivity contribution in [3.05, 3.63) is 59.7 Å². The lowest BCUT2D eigenvalue weighted by Gasteiger charge is -2.25. The molecule has 3 heterocycles. The van der Waals surface area contributed by atoms with E-state index in [9.17, 15) is 4.39 Å². The fraction of sp³-hybridized carbons (Fsp3) is 0.400. The van der Waals surface area contributed by atoms with E-state index in [1.54, 1.807) is 23.9 Å². The van der Waals surface area contributed by atoms with Gasteiger partial charge >= 0.3 is 0 Å². The maximum absolute atomic E-state index is 13.1. The molecule has 0 spiro atoms. The number of fused-ring (bicyclic) bond motifs is 1. The van der Waals surface area contributed by atoms with Crippen LogP contribution in [0.3, 0.4) is 0 Å². The van der Waals surface area contributed by atoms with Crippen LogP contribution in [0, 0.1) is 12.7 Å². The number of nitrogens with zero attached hydrogens (tertiary/aromatic N) is 6. The van der Waals surface area contributed by atoms with E-state index in [0.29, 0.717) is 6.54 Å². The van der Waals surface area contributed by atoms with Crippen molar-refractivity contribution in [2.45, 2.75) is 38.8 Å². The summed E-state index contributed by atoms with van der Waals surface area (Å²) >= 11 is 0. The van der Waals surface area contributed by atoms with Gasteiger partial charge in [-0.05, 0) is 43.7 Å². The van der Waals surface area contributed by atoms with Crippen molar-refractivity contribution in [1.82, 2.24) is 35.2 Å². The SMILES string of the molecule is CN=C(NCCc1ccn(-c2ccc(F)cc2)n1)NC1CCc2nc(C)nn2C1.I. The van der Waals surface area contributed by atoms with E-state index in [0.717, 1.165) is 54.8 Å². The van der Waals surface area contributed by atoms with Crippen LogP contribution in [0.15, 0.2) is 41.5 Å². The topological polar surface area (TPSA) is 84.9 Å². The zero-order chi connectivity index (χ0) is 20.2. The molecular formula is C20H26FIN8. The van der Waals surface area contributed by atoms with Crippen molar-refractivity contribution in [1.29, 1.82) is 0 Å². The summed E-state index contributed by atoms with van der Waals surface area (Å²) in [5.74, 6) is 2.40. The Kier molecular flexibility index (Phi) is 7.40. The first-order valence-electron chi connectivity index (χ1n) is 9.79. The van der Waals surface area contributed by atoms with Gasteiger partial charge in [-0.2, -0.15) is 10.2 Å². The summed E-state index contributed by atoms with van der Waals surface area (Å²) in [6, 6.07) is 8.53. The summed E-state index contributed by atoms with van der Waals surface area (Å²) in [4.78, 5) is 8.77. The molecule has 1 unspecified atom stereocenters. The molecule has 0 saturated carbocycles. The molecule has 2 N–H and O–H groups in total. The zero-order valence-electron chi connectivity index (χ0n) is 17.0. The number of guanidine groups is 1. The molecule has 1 atom stereocenters. The van der Waals surface area contributed by atoms with E-state index in [1.807, 2.05) is 23.9 Å². The van der Waals surface area contributed by atoms with Gasteiger partial charge in [0.2, 0.25) is 0 Å². The van der Waals surface area contributed by atoms with Crippen LogP contribution in [0.2, 0.25) is 0 Å². The summed E-state index contributed by atoms with van der Waals surface area (Å²) < 4.78 is 16.8.